The van der Waals surface area contributed by atoms with Crippen LogP contribution in [0.4, 0.5) is 4.39 Å². The van der Waals surface area contributed by atoms with Crippen molar-refractivity contribution in [3.63, 3.8) is 0 Å². The maximum Gasteiger partial charge on any atom is 0.255 e. The van der Waals surface area contributed by atoms with E-state index in [1.165, 1.54) is 12.1 Å². The fraction of sp³-hybridized carbons (Fsp3) is 0.562. The van der Waals surface area contributed by atoms with Crippen molar-refractivity contribution in [2.45, 2.75) is 26.2 Å². The SMILES string of the molecule is CCCN(CC1CCNCC1)C(=O)c1ccc(F)cc1Br. The largest absolute Gasteiger partial charge is 0.338 e. The van der Waals surface area contributed by atoms with Gasteiger partial charge in [0.15, 0.2) is 0 Å². The van der Waals surface area contributed by atoms with Crippen molar-refractivity contribution in [1.82, 2.24) is 10.2 Å². The summed E-state index contributed by atoms with van der Waals surface area (Å²) in [6, 6.07) is 4.25. The molecule has 0 radical (unpaired) electrons. The van der Waals surface area contributed by atoms with Crippen molar-refractivity contribution in [3.05, 3.63) is 34.1 Å². The fourth-order valence-electron chi connectivity index (χ4n) is 2.75. The molecule has 116 valence electrons. The molecule has 1 N–H and O–H groups in total. The zero-order chi connectivity index (χ0) is 15.2. The van der Waals surface area contributed by atoms with E-state index in [9.17, 15) is 9.18 Å². The van der Waals surface area contributed by atoms with E-state index < -0.39 is 0 Å². The zero-order valence-electron chi connectivity index (χ0n) is 12.4. The highest BCUT2D eigenvalue weighted by atomic mass is 79.9. The first-order valence-electron chi connectivity index (χ1n) is 7.57. The van der Waals surface area contributed by atoms with Gasteiger partial charge in [-0.1, -0.05) is 6.92 Å². The van der Waals surface area contributed by atoms with Crippen molar-refractivity contribution in [2.24, 2.45) is 5.92 Å². The Morgan fingerprint density at radius 1 is 1.43 bits per heavy atom. The van der Waals surface area contributed by atoms with Crippen molar-refractivity contribution < 1.29 is 9.18 Å². The minimum atomic E-state index is -0.334. The molecular formula is C16H22BrFN2O. The van der Waals surface area contributed by atoms with Gasteiger partial charge in [-0.2, -0.15) is 0 Å². The van der Waals surface area contributed by atoms with Crippen LogP contribution in [0, 0.1) is 11.7 Å². The number of halogens is 2. The van der Waals surface area contributed by atoms with Crippen molar-refractivity contribution in [2.75, 3.05) is 26.2 Å². The monoisotopic (exact) mass is 356 g/mol. The normalized spacial score (nSPS) is 16.0. The molecule has 5 heteroatoms. The molecule has 1 aliphatic heterocycles. The second-order valence-corrected chi connectivity index (χ2v) is 6.42. The van der Waals surface area contributed by atoms with E-state index in [1.54, 1.807) is 6.07 Å². The molecule has 0 unspecified atom stereocenters. The Labute approximate surface area is 134 Å². The van der Waals surface area contributed by atoms with Gasteiger partial charge in [0.1, 0.15) is 5.82 Å². The lowest BCUT2D eigenvalue weighted by Crippen LogP contribution is -2.39. The Balaban J connectivity index is 2.10. The minimum absolute atomic E-state index is 0.0118. The number of hydrogen-bond donors (Lipinski definition) is 1. The molecule has 1 saturated heterocycles. The quantitative estimate of drug-likeness (QED) is 0.876. The second-order valence-electron chi connectivity index (χ2n) is 5.57. The van der Waals surface area contributed by atoms with Crippen LogP contribution in [0.2, 0.25) is 0 Å². The number of nitrogens with one attached hydrogen (secondary N) is 1. The number of benzene rings is 1. The van der Waals surface area contributed by atoms with E-state index in [0.29, 0.717) is 16.0 Å². The number of carbonyl (C=O) groups is 1. The Hall–Kier alpha value is -0.940. The van der Waals surface area contributed by atoms with E-state index >= 15 is 0 Å². The van der Waals surface area contributed by atoms with E-state index in [2.05, 4.69) is 28.2 Å². The highest BCUT2D eigenvalue weighted by Crippen LogP contribution is 2.22. The Bertz CT molecular complexity index is 489. The van der Waals surface area contributed by atoms with Gasteiger partial charge in [-0.3, -0.25) is 4.79 Å². The van der Waals surface area contributed by atoms with Gasteiger partial charge in [-0.05, 0) is 72.4 Å². The van der Waals surface area contributed by atoms with Gasteiger partial charge in [0, 0.05) is 17.6 Å². The second kappa shape index (κ2) is 7.90. The molecule has 1 amide bonds. The maximum absolute atomic E-state index is 13.2. The molecule has 0 saturated carbocycles. The molecule has 1 aliphatic rings. The topological polar surface area (TPSA) is 32.3 Å². The number of carbonyl (C=O) groups excluding carboxylic acids is 1. The molecule has 1 aromatic carbocycles. The number of nitrogens with zero attached hydrogens (tertiary/aromatic N) is 1. The third-order valence-electron chi connectivity index (χ3n) is 3.88. The first-order chi connectivity index (χ1) is 10.1. The molecule has 0 aromatic heterocycles. The van der Waals surface area contributed by atoms with Gasteiger partial charge in [0.05, 0.1) is 5.56 Å². The zero-order valence-corrected chi connectivity index (χ0v) is 14.0. The summed E-state index contributed by atoms with van der Waals surface area (Å²) in [5.74, 6) is 0.210. The summed E-state index contributed by atoms with van der Waals surface area (Å²) in [5, 5.41) is 3.34. The average molecular weight is 357 g/mol. The number of rotatable bonds is 5. The van der Waals surface area contributed by atoms with Crippen LogP contribution in [0.1, 0.15) is 36.5 Å². The third kappa shape index (κ3) is 4.51. The van der Waals surface area contributed by atoms with Crippen LogP contribution in [0.5, 0.6) is 0 Å². The highest BCUT2D eigenvalue weighted by Gasteiger charge is 2.22. The van der Waals surface area contributed by atoms with Crippen molar-refractivity contribution >= 4 is 21.8 Å². The van der Waals surface area contributed by atoms with Gasteiger partial charge in [0.2, 0.25) is 0 Å². The lowest BCUT2D eigenvalue weighted by Gasteiger charge is -2.30. The predicted molar refractivity (Wildman–Crippen MR) is 85.9 cm³/mol. The standard InChI is InChI=1S/C16H22BrFN2O/c1-2-9-20(11-12-5-7-19-8-6-12)16(21)14-4-3-13(18)10-15(14)17/h3-4,10,12,19H,2,5-9,11H2,1H3. The molecular weight excluding hydrogens is 335 g/mol. The van der Waals surface area contributed by atoms with Crippen LogP contribution >= 0.6 is 15.9 Å². The molecule has 1 fully saturated rings. The summed E-state index contributed by atoms with van der Waals surface area (Å²) in [6.45, 7) is 5.66. The molecule has 1 heterocycles. The predicted octanol–water partition coefficient (Wildman–Crippen LogP) is 3.44. The van der Waals surface area contributed by atoms with E-state index in [-0.39, 0.29) is 11.7 Å². The third-order valence-corrected chi connectivity index (χ3v) is 4.54. The Morgan fingerprint density at radius 2 is 2.14 bits per heavy atom. The molecule has 2 rings (SSSR count). The summed E-state index contributed by atoms with van der Waals surface area (Å²) < 4.78 is 13.7. The summed E-state index contributed by atoms with van der Waals surface area (Å²) in [5.41, 5.74) is 0.541. The minimum Gasteiger partial charge on any atom is -0.338 e. The van der Waals surface area contributed by atoms with Crippen molar-refractivity contribution in [3.8, 4) is 0 Å². The molecule has 21 heavy (non-hydrogen) atoms. The number of amides is 1. The molecule has 1 aromatic rings. The molecule has 3 nitrogen and oxygen atoms in total. The van der Waals surface area contributed by atoms with Crippen LogP contribution in [0.25, 0.3) is 0 Å². The van der Waals surface area contributed by atoms with Gasteiger partial charge < -0.3 is 10.2 Å². The van der Waals surface area contributed by atoms with Gasteiger partial charge in [-0.15, -0.1) is 0 Å². The van der Waals surface area contributed by atoms with Crippen LogP contribution in [0.15, 0.2) is 22.7 Å². The summed E-state index contributed by atoms with van der Waals surface area (Å²) in [4.78, 5) is 14.6. The van der Waals surface area contributed by atoms with Gasteiger partial charge in [0.25, 0.3) is 5.91 Å². The molecule has 0 atom stereocenters. The first-order valence-corrected chi connectivity index (χ1v) is 8.36. The highest BCUT2D eigenvalue weighted by molar-refractivity contribution is 9.10. The van der Waals surface area contributed by atoms with E-state index in [4.69, 9.17) is 0 Å². The molecule has 0 spiro atoms. The van der Waals surface area contributed by atoms with E-state index in [0.717, 1.165) is 45.4 Å². The summed E-state index contributed by atoms with van der Waals surface area (Å²) in [7, 11) is 0. The van der Waals surface area contributed by atoms with Crippen LogP contribution in [-0.2, 0) is 0 Å². The number of hydrogen-bond acceptors (Lipinski definition) is 2. The first kappa shape index (κ1) is 16.4. The van der Waals surface area contributed by atoms with Crippen LogP contribution < -0.4 is 5.32 Å². The lowest BCUT2D eigenvalue weighted by atomic mass is 9.97. The van der Waals surface area contributed by atoms with Gasteiger partial charge in [-0.25, -0.2) is 4.39 Å². The molecule has 0 bridgehead atoms. The number of piperidine rings is 1. The van der Waals surface area contributed by atoms with Crippen molar-refractivity contribution in [1.29, 1.82) is 0 Å². The fourth-order valence-corrected chi connectivity index (χ4v) is 3.28. The average Bonchev–Trinajstić information content (AvgIpc) is 2.47. The molecule has 0 aliphatic carbocycles. The maximum atomic E-state index is 13.2. The lowest BCUT2D eigenvalue weighted by molar-refractivity contribution is 0.0715. The van der Waals surface area contributed by atoms with E-state index in [1.807, 2.05) is 4.90 Å². The van der Waals surface area contributed by atoms with Crippen LogP contribution in [-0.4, -0.2) is 37.0 Å². The summed E-state index contributed by atoms with van der Waals surface area (Å²) in [6.07, 6.45) is 3.14. The Kier molecular flexibility index (Phi) is 6.18. The van der Waals surface area contributed by atoms with Gasteiger partial charge >= 0.3 is 0 Å². The summed E-state index contributed by atoms with van der Waals surface area (Å²) >= 11 is 3.29. The Morgan fingerprint density at radius 3 is 2.76 bits per heavy atom. The smallest absolute Gasteiger partial charge is 0.255 e. The van der Waals surface area contributed by atoms with Crippen LogP contribution in [0.3, 0.4) is 0 Å².